The van der Waals surface area contributed by atoms with E-state index in [1.165, 1.54) is 0 Å². The second-order valence-corrected chi connectivity index (χ2v) is 5.74. The van der Waals surface area contributed by atoms with Gasteiger partial charge in [0.1, 0.15) is 11.9 Å². The van der Waals surface area contributed by atoms with Gasteiger partial charge in [-0.25, -0.2) is 9.97 Å². The van der Waals surface area contributed by atoms with Crippen LogP contribution in [0.2, 0.25) is 0 Å². The summed E-state index contributed by atoms with van der Waals surface area (Å²) >= 11 is 5.07. The van der Waals surface area contributed by atoms with Gasteiger partial charge in [0.2, 0.25) is 0 Å². The molecule has 2 heterocycles. The lowest BCUT2D eigenvalue weighted by Crippen LogP contribution is -1.86. The maximum absolute atomic E-state index is 4.53. The number of rotatable bonds is 1. The molecule has 3 rings (SSSR count). The number of fused-ring (bicyclic) bond motifs is 1. The summed E-state index contributed by atoms with van der Waals surface area (Å²) in [6, 6.07) is 11.8. The molecule has 1 radical (unpaired) electrons. The molecule has 0 unspecified atom stereocenters. The third kappa shape index (κ3) is 1.74. The molecular formula is C12H6BrN2S. The smallest absolute Gasteiger partial charge is 0.119 e. The first-order chi connectivity index (χ1) is 7.83. The lowest BCUT2D eigenvalue weighted by Gasteiger charge is -1.98. The first-order valence-electron chi connectivity index (χ1n) is 4.73. The number of benzene rings is 1. The van der Waals surface area contributed by atoms with Gasteiger partial charge in [-0.15, -0.1) is 11.3 Å². The largest absolute Gasteiger partial charge is 0.243 e. The van der Waals surface area contributed by atoms with Gasteiger partial charge in [0.05, 0.1) is 19.7 Å². The molecule has 77 valence electrons. The van der Waals surface area contributed by atoms with Crippen LogP contribution in [0.5, 0.6) is 0 Å². The Kier molecular flexibility index (Phi) is 2.46. The van der Waals surface area contributed by atoms with Crippen molar-refractivity contribution in [3.8, 4) is 10.6 Å². The number of nitrogens with zero attached hydrogens (tertiary/aromatic N) is 2. The van der Waals surface area contributed by atoms with Gasteiger partial charge in [-0.2, -0.15) is 0 Å². The zero-order valence-corrected chi connectivity index (χ0v) is 10.5. The van der Waals surface area contributed by atoms with Crippen LogP contribution in [-0.2, 0) is 0 Å². The molecule has 0 aliphatic heterocycles. The molecule has 0 saturated heterocycles. The van der Waals surface area contributed by atoms with Crippen molar-refractivity contribution in [1.82, 2.24) is 9.97 Å². The van der Waals surface area contributed by atoms with Crippen LogP contribution < -0.4 is 0 Å². The molecule has 2 aromatic heterocycles. The first kappa shape index (κ1) is 9.93. The summed E-state index contributed by atoms with van der Waals surface area (Å²) in [6.07, 6.45) is 2.97. The topological polar surface area (TPSA) is 25.8 Å². The van der Waals surface area contributed by atoms with E-state index in [2.05, 4.69) is 32.1 Å². The average molecular weight is 290 g/mol. The monoisotopic (exact) mass is 289 g/mol. The van der Waals surface area contributed by atoms with Crippen molar-refractivity contribution >= 4 is 38.3 Å². The van der Waals surface area contributed by atoms with Crippen molar-refractivity contribution < 1.29 is 0 Å². The van der Waals surface area contributed by atoms with E-state index in [-0.39, 0.29) is 0 Å². The average Bonchev–Trinajstić information content (AvgIpc) is 2.75. The first-order valence-corrected chi connectivity index (χ1v) is 6.34. The van der Waals surface area contributed by atoms with Crippen LogP contribution in [0.25, 0.3) is 21.6 Å². The molecule has 0 N–H and O–H groups in total. The summed E-state index contributed by atoms with van der Waals surface area (Å²) in [5.74, 6) is 0. The fourth-order valence-electron chi connectivity index (χ4n) is 1.46. The van der Waals surface area contributed by atoms with Crippen molar-refractivity contribution in [2.75, 3.05) is 0 Å². The van der Waals surface area contributed by atoms with Crippen molar-refractivity contribution in [2.45, 2.75) is 0 Å². The van der Waals surface area contributed by atoms with Gasteiger partial charge in [-0.05, 0) is 40.2 Å². The molecule has 0 spiro atoms. The van der Waals surface area contributed by atoms with E-state index in [1.807, 2.05) is 36.4 Å². The maximum atomic E-state index is 4.53. The Morgan fingerprint density at radius 2 is 1.88 bits per heavy atom. The summed E-state index contributed by atoms with van der Waals surface area (Å²) in [5.41, 5.74) is 2.58. The Labute approximate surface area is 105 Å². The Balaban J connectivity index is 2.18. The predicted molar refractivity (Wildman–Crippen MR) is 69.4 cm³/mol. The lowest BCUT2D eigenvalue weighted by atomic mass is 10.3. The van der Waals surface area contributed by atoms with Gasteiger partial charge in [-0.3, -0.25) is 0 Å². The van der Waals surface area contributed by atoms with Gasteiger partial charge >= 0.3 is 0 Å². The van der Waals surface area contributed by atoms with Crippen LogP contribution in [0.4, 0.5) is 0 Å². The number of halogens is 1. The van der Waals surface area contributed by atoms with Gasteiger partial charge in [0, 0.05) is 0 Å². The third-order valence-corrected chi connectivity index (χ3v) is 3.83. The molecule has 0 atom stereocenters. The number of hydrogen-bond acceptors (Lipinski definition) is 3. The molecule has 0 fully saturated rings. The zero-order valence-electron chi connectivity index (χ0n) is 8.14. The molecule has 0 aliphatic rings. The molecule has 1 aromatic carbocycles. The van der Waals surface area contributed by atoms with Crippen molar-refractivity contribution in [2.24, 2.45) is 0 Å². The maximum Gasteiger partial charge on any atom is 0.119 e. The highest BCUT2D eigenvalue weighted by Crippen LogP contribution is 2.30. The lowest BCUT2D eigenvalue weighted by molar-refractivity contribution is 1.29. The van der Waals surface area contributed by atoms with E-state index in [1.54, 1.807) is 11.3 Å². The summed E-state index contributed by atoms with van der Waals surface area (Å²) < 4.78 is 1.09. The Hall–Kier alpha value is -1.26. The molecule has 0 saturated carbocycles. The fourth-order valence-corrected chi connectivity index (χ4v) is 2.79. The number of thiophene rings is 1. The minimum Gasteiger partial charge on any atom is -0.243 e. The number of para-hydroxylation sites is 2. The van der Waals surface area contributed by atoms with E-state index in [9.17, 15) is 0 Å². The molecular weight excluding hydrogens is 284 g/mol. The number of hydrogen-bond donors (Lipinski definition) is 0. The second-order valence-electron chi connectivity index (χ2n) is 3.28. The van der Waals surface area contributed by atoms with E-state index >= 15 is 0 Å². The van der Waals surface area contributed by atoms with Crippen molar-refractivity contribution in [3.63, 3.8) is 0 Å². The molecule has 2 nitrogen and oxygen atoms in total. The zero-order chi connectivity index (χ0) is 11.0. The Morgan fingerprint density at radius 3 is 2.62 bits per heavy atom. The molecule has 16 heavy (non-hydrogen) atoms. The Morgan fingerprint density at radius 1 is 1.06 bits per heavy atom. The van der Waals surface area contributed by atoms with Crippen LogP contribution in [0.1, 0.15) is 0 Å². The fraction of sp³-hybridized carbons (Fsp3) is 0. The predicted octanol–water partition coefficient (Wildman–Crippen LogP) is 3.92. The van der Waals surface area contributed by atoms with Gasteiger partial charge in [-0.1, -0.05) is 12.1 Å². The molecule has 3 aromatic rings. The molecule has 4 heteroatoms. The summed E-state index contributed by atoms with van der Waals surface area (Å²) in [6.45, 7) is 0. The summed E-state index contributed by atoms with van der Waals surface area (Å²) in [4.78, 5) is 9.88. The normalized spacial score (nSPS) is 10.8. The van der Waals surface area contributed by atoms with Crippen LogP contribution >= 0.6 is 27.3 Å². The van der Waals surface area contributed by atoms with E-state index in [4.69, 9.17) is 0 Å². The highest BCUT2D eigenvalue weighted by atomic mass is 79.9. The SMILES string of the molecule is Brc1ccc(-c2[c]nc3ccccc3n2)s1. The third-order valence-electron chi connectivity index (χ3n) is 2.20. The van der Waals surface area contributed by atoms with E-state index < -0.39 is 0 Å². The highest BCUT2D eigenvalue weighted by molar-refractivity contribution is 9.11. The van der Waals surface area contributed by atoms with Crippen LogP contribution in [0.3, 0.4) is 0 Å². The quantitative estimate of drug-likeness (QED) is 0.679. The summed E-state index contributed by atoms with van der Waals surface area (Å²) in [5, 5.41) is 0. The van der Waals surface area contributed by atoms with E-state index in [0.29, 0.717) is 0 Å². The molecule has 0 aliphatic carbocycles. The van der Waals surface area contributed by atoms with Gasteiger partial charge in [0.15, 0.2) is 0 Å². The second kappa shape index (κ2) is 3.96. The number of aromatic nitrogens is 2. The van der Waals surface area contributed by atoms with Crippen molar-refractivity contribution in [3.05, 3.63) is 46.4 Å². The van der Waals surface area contributed by atoms with Crippen molar-refractivity contribution in [1.29, 1.82) is 0 Å². The molecule has 0 bridgehead atoms. The minimum absolute atomic E-state index is 0.800. The molecule has 0 amide bonds. The highest BCUT2D eigenvalue weighted by Gasteiger charge is 2.05. The van der Waals surface area contributed by atoms with Gasteiger partial charge in [0.25, 0.3) is 0 Å². The van der Waals surface area contributed by atoms with Crippen LogP contribution in [-0.4, -0.2) is 9.97 Å². The minimum atomic E-state index is 0.800. The Bertz CT molecular complexity index is 648. The van der Waals surface area contributed by atoms with Crippen LogP contribution in [0, 0.1) is 6.20 Å². The van der Waals surface area contributed by atoms with Gasteiger partial charge < -0.3 is 0 Å². The van der Waals surface area contributed by atoms with E-state index in [0.717, 1.165) is 25.4 Å². The van der Waals surface area contributed by atoms with Crippen LogP contribution in [0.15, 0.2) is 40.2 Å². The standard InChI is InChI=1S/C12H6BrN2S/c13-12-6-5-11(16-12)10-7-14-8-3-1-2-4-9(8)15-10/h1-6H. The summed E-state index contributed by atoms with van der Waals surface area (Å²) in [7, 11) is 0.